The number of hydrogen-bond donors (Lipinski definition) is 2. The van der Waals surface area contributed by atoms with Crippen LogP contribution in [0.1, 0.15) is 12.0 Å². The van der Waals surface area contributed by atoms with Gasteiger partial charge in [-0.15, -0.1) is 0 Å². The number of rotatable bonds is 6. The topological polar surface area (TPSA) is 81.0 Å². The van der Waals surface area contributed by atoms with Crippen molar-refractivity contribution in [3.05, 3.63) is 48.3 Å². The van der Waals surface area contributed by atoms with Crippen molar-refractivity contribution in [3.8, 4) is 0 Å². The predicted molar refractivity (Wildman–Crippen MR) is 78.3 cm³/mol. The maximum Gasteiger partial charge on any atom is 0.330 e. The van der Waals surface area contributed by atoms with E-state index in [1.165, 1.54) is 18.9 Å². The van der Waals surface area contributed by atoms with Crippen LogP contribution in [0.2, 0.25) is 0 Å². The van der Waals surface area contributed by atoms with E-state index in [9.17, 15) is 4.79 Å². The number of thioether (sulfide) groups is 1. The number of esters is 1. The molecular weight excluding hydrogens is 274 g/mol. The van der Waals surface area contributed by atoms with Crippen LogP contribution < -0.4 is 5.73 Å². The van der Waals surface area contributed by atoms with Crippen LogP contribution in [-0.2, 0) is 15.1 Å². The van der Waals surface area contributed by atoms with Crippen LogP contribution in [0.5, 0.6) is 0 Å². The summed E-state index contributed by atoms with van der Waals surface area (Å²) in [5.41, 5.74) is 5.92. The lowest BCUT2D eigenvalue weighted by atomic mass is 9.88. The molecule has 5 nitrogen and oxygen atoms in total. The predicted octanol–water partition coefficient (Wildman–Crippen LogP) is 1.92. The van der Waals surface area contributed by atoms with Crippen molar-refractivity contribution in [3.63, 3.8) is 0 Å². The van der Waals surface area contributed by atoms with Crippen LogP contribution in [0, 0.1) is 0 Å². The number of hydrogen-bond acceptors (Lipinski definition) is 5. The second kappa shape index (κ2) is 6.58. The van der Waals surface area contributed by atoms with Gasteiger partial charge in [0.05, 0.1) is 7.11 Å². The van der Waals surface area contributed by atoms with Crippen LogP contribution >= 0.6 is 11.8 Å². The van der Waals surface area contributed by atoms with Gasteiger partial charge in [-0.3, -0.25) is 0 Å². The lowest BCUT2D eigenvalue weighted by Crippen LogP contribution is -2.46. The van der Waals surface area contributed by atoms with Gasteiger partial charge in [0.1, 0.15) is 5.54 Å². The van der Waals surface area contributed by atoms with Crippen LogP contribution in [0.3, 0.4) is 0 Å². The third-order valence-electron chi connectivity index (χ3n) is 3.05. The van der Waals surface area contributed by atoms with Gasteiger partial charge in [0.2, 0.25) is 0 Å². The molecule has 3 N–H and O–H groups in total. The van der Waals surface area contributed by atoms with Gasteiger partial charge < -0.3 is 15.5 Å². The lowest BCUT2D eigenvalue weighted by molar-refractivity contribution is -0.147. The molecule has 1 atom stereocenters. The van der Waals surface area contributed by atoms with Gasteiger partial charge in [0.15, 0.2) is 5.16 Å². The fraction of sp³-hybridized carbons (Fsp3) is 0.286. The van der Waals surface area contributed by atoms with Crippen molar-refractivity contribution >= 4 is 17.7 Å². The first-order valence-corrected chi connectivity index (χ1v) is 7.20. The summed E-state index contributed by atoms with van der Waals surface area (Å²) in [5.74, 6) is 0.234. The Kier molecular flexibility index (Phi) is 4.81. The number of carbonyl (C=O) groups is 1. The number of imidazole rings is 1. The van der Waals surface area contributed by atoms with Crippen molar-refractivity contribution in [1.82, 2.24) is 9.97 Å². The van der Waals surface area contributed by atoms with Crippen LogP contribution in [-0.4, -0.2) is 28.8 Å². The molecule has 1 heterocycles. The summed E-state index contributed by atoms with van der Waals surface area (Å²) in [6.45, 7) is 0. The van der Waals surface area contributed by atoms with Gasteiger partial charge >= 0.3 is 5.97 Å². The highest BCUT2D eigenvalue weighted by molar-refractivity contribution is 7.99. The molecule has 1 aromatic carbocycles. The van der Waals surface area contributed by atoms with Gasteiger partial charge in [-0.05, 0) is 12.0 Å². The van der Waals surface area contributed by atoms with E-state index < -0.39 is 11.5 Å². The third-order valence-corrected chi connectivity index (χ3v) is 3.95. The van der Waals surface area contributed by atoms with Crippen molar-refractivity contribution < 1.29 is 9.53 Å². The molecule has 2 rings (SSSR count). The van der Waals surface area contributed by atoms with Crippen molar-refractivity contribution in [2.75, 3.05) is 12.9 Å². The molecular formula is C14H17N3O2S. The zero-order valence-electron chi connectivity index (χ0n) is 11.2. The molecule has 0 radical (unpaired) electrons. The molecule has 0 spiro atoms. The van der Waals surface area contributed by atoms with Crippen molar-refractivity contribution in [2.24, 2.45) is 5.73 Å². The van der Waals surface area contributed by atoms with Crippen LogP contribution in [0.4, 0.5) is 0 Å². The Bertz CT molecular complexity index is 545. The summed E-state index contributed by atoms with van der Waals surface area (Å²) in [6.07, 6.45) is 3.92. The SMILES string of the molecule is COC(=O)C(N)(CCSc1ncc[nH]1)c1ccccc1. The summed E-state index contributed by atoms with van der Waals surface area (Å²) in [6, 6.07) is 9.29. The summed E-state index contributed by atoms with van der Waals surface area (Å²) in [4.78, 5) is 19.2. The molecule has 1 unspecified atom stereocenters. The van der Waals surface area contributed by atoms with Gasteiger partial charge in [-0.25, -0.2) is 9.78 Å². The zero-order chi connectivity index (χ0) is 14.4. The second-order valence-corrected chi connectivity index (χ2v) is 5.41. The maximum absolute atomic E-state index is 12.0. The number of nitrogens with two attached hydrogens (primary N) is 1. The number of ether oxygens (including phenoxy) is 1. The van der Waals surface area contributed by atoms with Gasteiger partial charge in [0, 0.05) is 18.1 Å². The zero-order valence-corrected chi connectivity index (χ0v) is 12.0. The molecule has 106 valence electrons. The maximum atomic E-state index is 12.0. The Hall–Kier alpha value is -1.79. The molecule has 0 aliphatic carbocycles. The molecule has 2 aromatic rings. The average molecular weight is 291 g/mol. The molecule has 0 amide bonds. The Labute approximate surface area is 121 Å². The molecule has 0 aliphatic heterocycles. The third kappa shape index (κ3) is 3.20. The number of H-pyrrole nitrogens is 1. The Morgan fingerprint density at radius 3 is 2.80 bits per heavy atom. The first kappa shape index (κ1) is 14.6. The molecule has 0 saturated carbocycles. The minimum atomic E-state index is -1.13. The molecule has 0 saturated heterocycles. The molecule has 6 heteroatoms. The van der Waals surface area contributed by atoms with E-state index in [0.717, 1.165) is 10.7 Å². The molecule has 0 bridgehead atoms. The van der Waals surface area contributed by atoms with E-state index in [2.05, 4.69) is 9.97 Å². The number of benzene rings is 1. The number of carbonyl (C=O) groups excluding carboxylic acids is 1. The fourth-order valence-corrected chi connectivity index (χ4v) is 2.82. The summed E-state index contributed by atoms with van der Waals surface area (Å²) >= 11 is 1.52. The average Bonchev–Trinajstić information content (AvgIpc) is 3.00. The highest BCUT2D eigenvalue weighted by atomic mass is 32.2. The number of aromatic amines is 1. The smallest absolute Gasteiger partial charge is 0.330 e. The quantitative estimate of drug-likeness (QED) is 0.628. The number of nitrogens with zero attached hydrogens (tertiary/aromatic N) is 1. The van der Waals surface area contributed by atoms with E-state index >= 15 is 0 Å². The van der Waals surface area contributed by atoms with Crippen LogP contribution in [0.15, 0.2) is 47.9 Å². The number of methoxy groups -OCH3 is 1. The first-order valence-electron chi connectivity index (χ1n) is 6.22. The molecule has 0 fully saturated rings. The second-order valence-electron chi connectivity index (χ2n) is 4.32. The number of nitrogens with one attached hydrogen (secondary N) is 1. The normalized spacial score (nSPS) is 13.7. The molecule has 0 aliphatic rings. The van der Waals surface area contributed by atoms with E-state index in [0.29, 0.717) is 12.2 Å². The summed E-state index contributed by atoms with van der Waals surface area (Å²) in [7, 11) is 1.35. The van der Waals surface area contributed by atoms with Crippen LogP contribution in [0.25, 0.3) is 0 Å². The largest absolute Gasteiger partial charge is 0.467 e. The minimum absolute atomic E-state index is 0.427. The monoisotopic (exact) mass is 291 g/mol. The van der Waals surface area contributed by atoms with Gasteiger partial charge in [0.25, 0.3) is 0 Å². The van der Waals surface area contributed by atoms with Crippen molar-refractivity contribution in [2.45, 2.75) is 17.1 Å². The van der Waals surface area contributed by atoms with E-state index in [-0.39, 0.29) is 0 Å². The summed E-state index contributed by atoms with van der Waals surface area (Å²) in [5, 5.41) is 0.810. The molecule has 20 heavy (non-hydrogen) atoms. The standard InChI is InChI=1S/C14H17N3O2S/c1-19-12(18)14(15,11-5-3-2-4-6-11)7-10-20-13-16-8-9-17-13/h2-6,8-9H,7,10,15H2,1H3,(H,16,17). The molecule has 1 aromatic heterocycles. The summed E-state index contributed by atoms with van der Waals surface area (Å²) < 4.78 is 4.86. The minimum Gasteiger partial charge on any atom is -0.467 e. The lowest BCUT2D eigenvalue weighted by Gasteiger charge is -2.26. The van der Waals surface area contributed by atoms with E-state index in [4.69, 9.17) is 10.5 Å². The van der Waals surface area contributed by atoms with Crippen molar-refractivity contribution in [1.29, 1.82) is 0 Å². The Balaban J connectivity index is 2.09. The Morgan fingerprint density at radius 2 is 2.20 bits per heavy atom. The number of aromatic nitrogens is 2. The highest BCUT2D eigenvalue weighted by Gasteiger charge is 2.36. The Morgan fingerprint density at radius 1 is 1.45 bits per heavy atom. The van der Waals surface area contributed by atoms with E-state index in [1.807, 2.05) is 30.3 Å². The van der Waals surface area contributed by atoms with Gasteiger partial charge in [-0.1, -0.05) is 42.1 Å². The highest BCUT2D eigenvalue weighted by Crippen LogP contribution is 2.27. The fourth-order valence-electron chi connectivity index (χ4n) is 1.92. The van der Waals surface area contributed by atoms with Gasteiger partial charge in [-0.2, -0.15) is 0 Å². The first-order chi connectivity index (χ1) is 9.66. The van der Waals surface area contributed by atoms with E-state index in [1.54, 1.807) is 12.4 Å².